The van der Waals surface area contributed by atoms with E-state index in [-0.39, 0.29) is 17.9 Å². The Morgan fingerprint density at radius 3 is 2.85 bits per heavy atom. The van der Waals surface area contributed by atoms with E-state index >= 15 is 0 Å². The highest BCUT2D eigenvalue weighted by molar-refractivity contribution is 7.08. The molecule has 1 N–H and O–H groups in total. The van der Waals surface area contributed by atoms with Crippen molar-refractivity contribution in [3.63, 3.8) is 0 Å². The second-order valence-electron chi connectivity index (χ2n) is 7.40. The third-order valence-electron chi connectivity index (χ3n) is 6.10. The van der Waals surface area contributed by atoms with Gasteiger partial charge in [-0.25, -0.2) is 0 Å². The van der Waals surface area contributed by atoms with Crippen molar-refractivity contribution in [1.29, 1.82) is 0 Å². The molecule has 1 aromatic carbocycles. The molecule has 1 saturated heterocycles. The summed E-state index contributed by atoms with van der Waals surface area (Å²) in [6.45, 7) is 2.58. The minimum Gasteiger partial charge on any atom is -0.385 e. The van der Waals surface area contributed by atoms with Gasteiger partial charge in [-0.1, -0.05) is 54.6 Å². The van der Waals surface area contributed by atoms with Gasteiger partial charge in [0, 0.05) is 18.5 Å². The lowest BCUT2D eigenvalue weighted by atomic mass is 9.66. The molecular weight excluding hydrogens is 346 g/mol. The Kier molecular flexibility index (Phi) is 4.80. The number of rotatable bonds is 3. The second kappa shape index (κ2) is 7.08. The molecule has 138 valence electrons. The maximum Gasteiger partial charge on any atom is 0.267 e. The fourth-order valence-corrected chi connectivity index (χ4v) is 5.46. The molecule has 2 aliphatic rings. The number of aryl methyl sites for hydroxylation is 1. The number of hydrogen-bond acceptors (Lipinski definition) is 5. The third kappa shape index (κ3) is 2.85. The van der Waals surface area contributed by atoms with E-state index in [1.54, 1.807) is 0 Å². The number of amides is 1. The van der Waals surface area contributed by atoms with Crippen LogP contribution in [0.4, 0.5) is 0 Å². The molecule has 2 heterocycles. The van der Waals surface area contributed by atoms with E-state index in [1.807, 2.05) is 42.2 Å². The molecule has 2 fully saturated rings. The highest BCUT2D eigenvalue weighted by Crippen LogP contribution is 2.47. The lowest BCUT2D eigenvalue weighted by Crippen LogP contribution is -2.59. The molecule has 26 heavy (non-hydrogen) atoms. The highest BCUT2D eigenvalue weighted by atomic mass is 32.1. The number of carbonyl (C=O) groups excluding carboxylic acids is 1. The monoisotopic (exact) mass is 371 g/mol. The molecule has 5 nitrogen and oxygen atoms in total. The van der Waals surface area contributed by atoms with Crippen molar-refractivity contribution in [2.75, 3.05) is 6.54 Å². The predicted molar refractivity (Wildman–Crippen MR) is 101 cm³/mol. The van der Waals surface area contributed by atoms with Gasteiger partial charge in [0.15, 0.2) is 0 Å². The van der Waals surface area contributed by atoms with Crippen LogP contribution in [-0.4, -0.2) is 38.1 Å². The van der Waals surface area contributed by atoms with Crippen LogP contribution in [0.3, 0.4) is 0 Å². The molecular formula is C20H25N3O2S. The Hall–Kier alpha value is -1.79. The van der Waals surface area contributed by atoms with Gasteiger partial charge >= 0.3 is 0 Å². The van der Waals surface area contributed by atoms with E-state index in [0.29, 0.717) is 24.3 Å². The molecule has 1 amide bonds. The Balaban J connectivity index is 1.66. The van der Waals surface area contributed by atoms with E-state index in [9.17, 15) is 9.90 Å². The van der Waals surface area contributed by atoms with Crippen molar-refractivity contribution >= 4 is 17.4 Å². The van der Waals surface area contributed by atoms with Crippen molar-refractivity contribution in [3.8, 4) is 0 Å². The summed E-state index contributed by atoms with van der Waals surface area (Å²) in [7, 11) is 0. The van der Waals surface area contributed by atoms with E-state index in [1.165, 1.54) is 11.5 Å². The van der Waals surface area contributed by atoms with Crippen molar-refractivity contribution in [2.24, 2.45) is 5.92 Å². The second-order valence-corrected chi connectivity index (χ2v) is 8.15. The van der Waals surface area contributed by atoms with Gasteiger partial charge in [-0.15, -0.1) is 5.10 Å². The van der Waals surface area contributed by atoms with Gasteiger partial charge in [-0.3, -0.25) is 4.79 Å². The van der Waals surface area contributed by atoms with Crippen LogP contribution in [0.1, 0.15) is 60.0 Å². The van der Waals surface area contributed by atoms with E-state index in [4.69, 9.17) is 0 Å². The van der Waals surface area contributed by atoms with Gasteiger partial charge in [0.25, 0.3) is 5.91 Å². The molecule has 1 saturated carbocycles. The van der Waals surface area contributed by atoms with Crippen LogP contribution in [0.15, 0.2) is 30.3 Å². The number of aromatic nitrogens is 2. The topological polar surface area (TPSA) is 66.3 Å². The van der Waals surface area contributed by atoms with Crippen LogP contribution in [0.2, 0.25) is 0 Å². The molecule has 0 bridgehead atoms. The first-order chi connectivity index (χ1) is 12.6. The SMILES string of the molecule is CCc1nnsc1C(=O)N1CC[C@](O)(c2ccccc2)[C@@H]2CCCC[C@H]21. The van der Waals surface area contributed by atoms with Crippen molar-refractivity contribution in [1.82, 2.24) is 14.5 Å². The largest absolute Gasteiger partial charge is 0.385 e. The molecule has 6 heteroatoms. The Bertz CT molecular complexity index is 778. The summed E-state index contributed by atoms with van der Waals surface area (Å²) >= 11 is 1.20. The van der Waals surface area contributed by atoms with Crippen LogP contribution >= 0.6 is 11.5 Å². The van der Waals surface area contributed by atoms with Crippen molar-refractivity contribution < 1.29 is 9.90 Å². The highest BCUT2D eigenvalue weighted by Gasteiger charge is 2.50. The maximum absolute atomic E-state index is 13.2. The Morgan fingerprint density at radius 2 is 2.08 bits per heavy atom. The maximum atomic E-state index is 13.2. The molecule has 1 aliphatic carbocycles. The molecule has 0 unspecified atom stereocenters. The normalized spacial score (nSPS) is 28.6. The summed E-state index contributed by atoms with van der Waals surface area (Å²) in [5.74, 6) is 0.131. The standard InChI is InChI=1S/C20H25N3O2S/c1-2-16-18(26-22-21-16)19(24)23-13-12-20(25,14-8-4-3-5-9-14)15-10-6-7-11-17(15)23/h3-5,8-9,15,17,25H,2,6-7,10-13H2,1H3/t15-,17-,20+/m1/s1. The number of aliphatic hydroxyl groups is 1. The first-order valence-electron chi connectivity index (χ1n) is 9.55. The van der Waals surface area contributed by atoms with Gasteiger partial charge in [0.2, 0.25) is 0 Å². The lowest BCUT2D eigenvalue weighted by molar-refractivity contribution is -0.110. The van der Waals surface area contributed by atoms with Crippen LogP contribution in [-0.2, 0) is 12.0 Å². The zero-order valence-corrected chi connectivity index (χ0v) is 15.9. The van der Waals surface area contributed by atoms with E-state index in [2.05, 4.69) is 9.59 Å². The molecule has 1 aliphatic heterocycles. The van der Waals surface area contributed by atoms with Gasteiger partial charge in [0.1, 0.15) is 4.88 Å². The minimum absolute atomic E-state index is 0.0452. The van der Waals surface area contributed by atoms with Gasteiger partial charge < -0.3 is 10.0 Å². The summed E-state index contributed by atoms with van der Waals surface area (Å²) in [5, 5.41) is 15.7. The summed E-state index contributed by atoms with van der Waals surface area (Å²) in [6.07, 6.45) is 5.43. The molecule has 3 atom stereocenters. The molecule has 0 radical (unpaired) electrons. The molecule has 0 spiro atoms. The number of benzene rings is 1. The van der Waals surface area contributed by atoms with Crippen LogP contribution in [0.25, 0.3) is 0 Å². The lowest BCUT2D eigenvalue weighted by Gasteiger charge is -2.52. The summed E-state index contributed by atoms with van der Waals surface area (Å²) in [4.78, 5) is 15.9. The predicted octanol–water partition coefficient (Wildman–Crippen LogP) is 3.39. The summed E-state index contributed by atoms with van der Waals surface area (Å²) in [6, 6.07) is 10.1. The van der Waals surface area contributed by atoms with Gasteiger partial charge in [-0.2, -0.15) is 0 Å². The number of nitrogens with zero attached hydrogens (tertiary/aromatic N) is 3. The number of likely N-dealkylation sites (tertiary alicyclic amines) is 1. The van der Waals surface area contributed by atoms with Gasteiger partial charge in [-0.05, 0) is 42.8 Å². The molecule has 4 rings (SSSR count). The zero-order valence-electron chi connectivity index (χ0n) is 15.1. The van der Waals surface area contributed by atoms with Gasteiger partial charge in [0.05, 0.1) is 11.3 Å². The molecule has 1 aromatic heterocycles. The zero-order chi connectivity index (χ0) is 18.1. The Morgan fingerprint density at radius 1 is 1.31 bits per heavy atom. The van der Waals surface area contributed by atoms with Crippen LogP contribution < -0.4 is 0 Å². The molecule has 2 aromatic rings. The fourth-order valence-electron chi connectivity index (χ4n) is 4.75. The third-order valence-corrected chi connectivity index (χ3v) is 6.85. The van der Waals surface area contributed by atoms with Crippen molar-refractivity contribution in [2.45, 2.75) is 57.1 Å². The first-order valence-corrected chi connectivity index (χ1v) is 10.3. The first kappa shape index (κ1) is 17.6. The number of piperidine rings is 1. The van der Waals surface area contributed by atoms with Crippen LogP contribution in [0, 0.1) is 5.92 Å². The van der Waals surface area contributed by atoms with Crippen LogP contribution in [0.5, 0.6) is 0 Å². The fraction of sp³-hybridized carbons (Fsp3) is 0.550. The minimum atomic E-state index is -0.845. The van der Waals surface area contributed by atoms with E-state index in [0.717, 1.165) is 36.9 Å². The average Bonchev–Trinajstić information content (AvgIpc) is 3.17. The van der Waals surface area contributed by atoms with E-state index < -0.39 is 5.60 Å². The smallest absolute Gasteiger partial charge is 0.267 e. The number of fused-ring (bicyclic) bond motifs is 1. The number of carbonyl (C=O) groups is 1. The quantitative estimate of drug-likeness (QED) is 0.898. The summed E-state index contributed by atoms with van der Waals surface area (Å²) < 4.78 is 3.98. The number of hydrogen-bond donors (Lipinski definition) is 1. The average molecular weight is 372 g/mol. The Labute approximate surface area is 158 Å². The summed E-state index contributed by atoms with van der Waals surface area (Å²) in [5.41, 5.74) is 0.928. The van der Waals surface area contributed by atoms with Crippen molar-refractivity contribution in [3.05, 3.63) is 46.5 Å².